The molecule has 1 aromatic carbocycles. The van der Waals surface area contributed by atoms with Crippen molar-refractivity contribution in [1.29, 1.82) is 0 Å². The molecule has 1 N–H and O–H groups in total. The smallest absolute Gasteiger partial charge is 0.303 e. The molecule has 0 saturated heterocycles. The summed E-state index contributed by atoms with van der Waals surface area (Å²) < 4.78 is 15.5. The Balaban J connectivity index is 3.05. The number of carboxylic acid groups (broad SMARTS) is 1. The summed E-state index contributed by atoms with van der Waals surface area (Å²) in [5, 5.41) is 8.67. The van der Waals surface area contributed by atoms with Gasteiger partial charge in [0.25, 0.3) is 0 Å². The summed E-state index contributed by atoms with van der Waals surface area (Å²) in [6.07, 6.45) is 0.435. The Morgan fingerprint density at radius 3 is 2.06 bits per heavy atom. The van der Waals surface area contributed by atoms with E-state index in [0.717, 1.165) is 5.56 Å². The summed E-state index contributed by atoms with van der Waals surface area (Å²) >= 11 is 0. The second kappa shape index (κ2) is 5.98. The Kier molecular flexibility index (Phi) is 4.63. The molecule has 94 valence electrons. The maximum Gasteiger partial charge on any atom is 0.303 e. The summed E-state index contributed by atoms with van der Waals surface area (Å²) in [5.41, 5.74) is 0.785. The first-order valence-corrected chi connectivity index (χ1v) is 5.13. The number of rotatable bonds is 6. The lowest BCUT2D eigenvalue weighted by Crippen LogP contribution is -2.01. The highest BCUT2D eigenvalue weighted by atomic mass is 16.5. The van der Waals surface area contributed by atoms with E-state index < -0.39 is 5.97 Å². The SMILES string of the molecule is COc1cc(OC)c(OC)cc1CCC(=O)O. The number of methoxy groups -OCH3 is 3. The number of carboxylic acids is 1. The fourth-order valence-corrected chi connectivity index (χ4v) is 1.53. The van der Waals surface area contributed by atoms with Crippen LogP contribution in [0.25, 0.3) is 0 Å². The number of hydrogen-bond donors (Lipinski definition) is 1. The number of ether oxygens (including phenoxy) is 3. The summed E-state index contributed by atoms with van der Waals surface area (Å²) in [6.45, 7) is 0. The van der Waals surface area contributed by atoms with Crippen molar-refractivity contribution >= 4 is 5.97 Å². The second-order valence-electron chi connectivity index (χ2n) is 3.41. The number of hydrogen-bond acceptors (Lipinski definition) is 4. The molecule has 0 bridgehead atoms. The van der Waals surface area contributed by atoms with Crippen molar-refractivity contribution in [3.05, 3.63) is 17.7 Å². The van der Waals surface area contributed by atoms with Crippen LogP contribution in [0.2, 0.25) is 0 Å². The van der Waals surface area contributed by atoms with Crippen LogP contribution in [0.4, 0.5) is 0 Å². The van der Waals surface area contributed by atoms with Gasteiger partial charge in [-0.15, -0.1) is 0 Å². The number of carbonyl (C=O) groups is 1. The van der Waals surface area contributed by atoms with Crippen LogP contribution >= 0.6 is 0 Å². The molecule has 0 spiro atoms. The molecule has 0 saturated carbocycles. The molecular formula is C12H16O5. The summed E-state index contributed by atoms with van der Waals surface area (Å²) in [4.78, 5) is 10.6. The van der Waals surface area contributed by atoms with Crippen LogP contribution in [0.3, 0.4) is 0 Å². The minimum Gasteiger partial charge on any atom is -0.496 e. The number of aliphatic carboxylic acids is 1. The van der Waals surface area contributed by atoms with Crippen molar-refractivity contribution < 1.29 is 24.1 Å². The first-order chi connectivity index (χ1) is 8.12. The van der Waals surface area contributed by atoms with Gasteiger partial charge >= 0.3 is 5.97 Å². The predicted molar refractivity (Wildman–Crippen MR) is 62.1 cm³/mol. The van der Waals surface area contributed by atoms with Gasteiger partial charge in [-0.2, -0.15) is 0 Å². The zero-order chi connectivity index (χ0) is 12.8. The highest BCUT2D eigenvalue weighted by Gasteiger charge is 2.12. The Hall–Kier alpha value is -1.91. The topological polar surface area (TPSA) is 65.0 Å². The third-order valence-electron chi connectivity index (χ3n) is 2.39. The molecule has 5 nitrogen and oxygen atoms in total. The molecule has 1 aromatic rings. The number of benzene rings is 1. The predicted octanol–water partition coefficient (Wildman–Crippen LogP) is 1.73. The molecule has 5 heteroatoms. The normalized spacial score (nSPS) is 9.82. The van der Waals surface area contributed by atoms with Crippen molar-refractivity contribution in [1.82, 2.24) is 0 Å². The molecule has 0 amide bonds. The molecule has 0 fully saturated rings. The van der Waals surface area contributed by atoms with Gasteiger partial charge in [-0.1, -0.05) is 0 Å². The quantitative estimate of drug-likeness (QED) is 0.820. The zero-order valence-corrected chi connectivity index (χ0v) is 10.1. The Labute approximate surface area is 99.9 Å². The van der Waals surface area contributed by atoms with Crippen molar-refractivity contribution in [2.24, 2.45) is 0 Å². The highest BCUT2D eigenvalue weighted by molar-refractivity contribution is 5.67. The molecule has 0 aliphatic rings. The fraction of sp³-hybridized carbons (Fsp3) is 0.417. The number of aryl methyl sites for hydroxylation is 1. The van der Waals surface area contributed by atoms with Gasteiger partial charge in [-0.3, -0.25) is 4.79 Å². The minimum atomic E-state index is -0.846. The molecule has 0 aromatic heterocycles. The lowest BCUT2D eigenvalue weighted by atomic mass is 10.1. The first-order valence-electron chi connectivity index (χ1n) is 5.13. The summed E-state index contributed by atoms with van der Waals surface area (Å²) in [7, 11) is 4.60. The molecule has 0 heterocycles. The van der Waals surface area contributed by atoms with Crippen LogP contribution in [0.5, 0.6) is 17.2 Å². The van der Waals surface area contributed by atoms with Gasteiger partial charge in [0.1, 0.15) is 5.75 Å². The maximum absolute atomic E-state index is 10.6. The van der Waals surface area contributed by atoms with Gasteiger partial charge < -0.3 is 19.3 Å². The van der Waals surface area contributed by atoms with Crippen LogP contribution in [-0.4, -0.2) is 32.4 Å². The van der Waals surface area contributed by atoms with Gasteiger partial charge in [0.05, 0.1) is 21.3 Å². The van der Waals surface area contributed by atoms with Gasteiger partial charge in [-0.25, -0.2) is 0 Å². The average molecular weight is 240 g/mol. The Morgan fingerprint density at radius 2 is 1.59 bits per heavy atom. The van der Waals surface area contributed by atoms with E-state index in [0.29, 0.717) is 23.7 Å². The summed E-state index contributed by atoms with van der Waals surface area (Å²) in [5.74, 6) is 0.878. The van der Waals surface area contributed by atoms with Crippen LogP contribution in [0.1, 0.15) is 12.0 Å². The van der Waals surface area contributed by atoms with Crippen LogP contribution < -0.4 is 14.2 Å². The Bertz CT molecular complexity index is 400. The van der Waals surface area contributed by atoms with E-state index in [1.807, 2.05) is 0 Å². The van der Waals surface area contributed by atoms with E-state index in [1.54, 1.807) is 12.1 Å². The molecular weight excluding hydrogens is 224 g/mol. The van der Waals surface area contributed by atoms with Crippen LogP contribution in [0.15, 0.2) is 12.1 Å². The van der Waals surface area contributed by atoms with Crippen LogP contribution in [0, 0.1) is 0 Å². The molecule has 0 unspecified atom stereocenters. The third kappa shape index (κ3) is 3.27. The molecule has 17 heavy (non-hydrogen) atoms. The van der Waals surface area contributed by atoms with E-state index >= 15 is 0 Å². The van der Waals surface area contributed by atoms with E-state index in [-0.39, 0.29) is 6.42 Å². The standard InChI is InChI=1S/C12H16O5/c1-15-9-7-11(17-3)10(16-2)6-8(9)4-5-12(13)14/h6-7H,4-5H2,1-3H3,(H,13,14). The van der Waals surface area contributed by atoms with Crippen molar-refractivity contribution in [3.63, 3.8) is 0 Å². The lowest BCUT2D eigenvalue weighted by Gasteiger charge is -2.13. The van der Waals surface area contributed by atoms with E-state index in [1.165, 1.54) is 21.3 Å². The molecule has 0 aliphatic heterocycles. The molecule has 0 atom stereocenters. The van der Waals surface area contributed by atoms with E-state index in [4.69, 9.17) is 19.3 Å². The van der Waals surface area contributed by atoms with Crippen molar-refractivity contribution in [2.45, 2.75) is 12.8 Å². The second-order valence-corrected chi connectivity index (χ2v) is 3.41. The van der Waals surface area contributed by atoms with Crippen molar-refractivity contribution in [2.75, 3.05) is 21.3 Å². The average Bonchev–Trinajstić information content (AvgIpc) is 2.34. The first kappa shape index (κ1) is 13.2. The van der Waals surface area contributed by atoms with Crippen molar-refractivity contribution in [3.8, 4) is 17.2 Å². The Morgan fingerprint density at radius 1 is 1.06 bits per heavy atom. The molecule has 1 rings (SSSR count). The van der Waals surface area contributed by atoms with E-state index in [2.05, 4.69) is 0 Å². The third-order valence-corrected chi connectivity index (χ3v) is 2.39. The lowest BCUT2D eigenvalue weighted by molar-refractivity contribution is -0.136. The summed E-state index contributed by atoms with van der Waals surface area (Å²) in [6, 6.07) is 3.43. The van der Waals surface area contributed by atoms with Gasteiger partial charge in [-0.05, 0) is 18.1 Å². The molecule has 0 aliphatic carbocycles. The van der Waals surface area contributed by atoms with Gasteiger partial charge in [0.15, 0.2) is 11.5 Å². The van der Waals surface area contributed by atoms with E-state index in [9.17, 15) is 4.79 Å². The fourth-order valence-electron chi connectivity index (χ4n) is 1.53. The maximum atomic E-state index is 10.6. The zero-order valence-electron chi connectivity index (χ0n) is 10.1. The highest BCUT2D eigenvalue weighted by Crippen LogP contribution is 2.35. The van der Waals surface area contributed by atoms with Gasteiger partial charge in [0.2, 0.25) is 0 Å². The minimum absolute atomic E-state index is 0.0475. The molecule has 0 radical (unpaired) electrons. The largest absolute Gasteiger partial charge is 0.496 e. The van der Waals surface area contributed by atoms with Crippen LogP contribution in [-0.2, 0) is 11.2 Å². The van der Waals surface area contributed by atoms with Gasteiger partial charge in [0, 0.05) is 12.5 Å². The monoisotopic (exact) mass is 240 g/mol.